The Kier molecular flexibility index (Phi) is 12.0. The van der Waals surface area contributed by atoms with Gasteiger partial charge in [-0.25, -0.2) is 8.78 Å². The zero-order valence-electron chi connectivity index (χ0n) is 25.6. The van der Waals surface area contributed by atoms with Crippen LogP contribution < -0.4 is 18.9 Å². The van der Waals surface area contributed by atoms with Crippen LogP contribution in [0, 0.1) is 46.7 Å². The SMILES string of the molecule is CCCCOc1ccc(OC(F)(F)COc2ccc(-c3ccc(OCC4CCC(CCC)CC4)c(F)c3F)c(F)c2F)c(F)c1F. The zero-order valence-corrected chi connectivity index (χ0v) is 25.6. The maximum absolute atomic E-state index is 15.0. The van der Waals surface area contributed by atoms with Crippen LogP contribution in [0.25, 0.3) is 11.1 Å². The summed E-state index contributed by atoms with van der Waals surface area (Å²) in [4.78, 5) is 0. The molecule has 0 heterocycles. The molecule has 1 saturated carbocycles. The standard InChI is InChI=1S/C34H36F8O4/c1-3-5-17-43-24-15-16-27(33(40)32(24)39)46-34(41,42)19-45-26-14-12-23(29(36)31(26)38)22-11-13-25(30(37)28(22)35)44-18-21-9-7-20(6-4-2)8-10-21/h11-16,20-21H,3-10,17-19H2,1-2H3. The van der Waals surface area contributed by atoms with E-state index in [0.29, 0.717) is 12.3 Å². The fourth-order valence-corrected chi connectivity index (χ4v) is 5.39. The summed E-state index contributed by atoms with van der Waals surface area (Å²) in [6.45, 7) is 2.54. The van der Waals surface area contributed by atoms with Crippen molar-refractivity contribution in [3.05, 3.63) is 71.3 Å². The van der Waals surface area contributed by atoms with Crippen molar-refractivity contribution in [3.63, 3.8) is 0 Å². The van der Waals surface area contributed by atoms with E-state index in [9.17, 15) is 35.1 Å². The van der Waals surface area contributed by atoms with Crippen molar-refractivity contribution in [1.82, 2.24) is 0 Å². The van der Waals surface area contributed by atoms with E-state index in [1.807, 2.05) is 6.92 Å². The second kappa shape index (κ2) is 15.7. The Hall–Kier alpha value is -3.70. The number of halogens is 8. The van der Waals surface area contributed by atoms with Crippen LogP contribution in [0.2, 0.25) is 0 Å². The minimum atomic E-state index is -4.32. The van der Waals surface area contributed by atoms with Crippen LogP contribution in [0.15, 0.2) is 36.4 Å². The molecule has 12 heteroatoms. The molecule has 0 aromatic heterocycles. The highest BCUT2D eigenvalue weighted by Crippen LogP contribution is 2.37. The van der Waals surface area contributed by atoms with Crippen molar-refractivity contribution in [2.45, 2.75) is 71.3 Å². The fourth-order valence-electron chi connectivity index (χ4n) is 5.39. The first kappa shape index (κ1) is 35.2. The molecule has 0 radical (unpaired) electrons. The third kappa shape index (κ3) is 8.55. The van der Waals surface area contributed by atoms with Crippen molar-refractivity contribution in [3.8, 4) is 34.1 Å². The molecule has 1 aliphatic rings. The molecule has 4 nitrogen and oxygen atoms in total. The van der Waals surface area contributed by atoms with Gasteiger partial charge in [0, 0.05) is 11.1 Å². The Balaban J connectivity index is 1.39. The van der Waals surface area contributed by atoms with Gasteiger partial charge in [0.05, 0.1) is 13.2 Å². The van der Waals surface area contributed by atoms with Crippen molar-refractivity contribution in [2.75, 3.05) is 19.8 Å². The van der Waals surface area contributed by atoms with E-state index in [0.717, 1.165) is 81.3 Å². The molecule has 46 heavy (non-hydrogen) atoms. The first-order valence-corrected chi connectivity index (χ1v) is 15.3. The number of alkyl halides is 2. The molecular weight excluding hydrogens is 624 g/mol. The van der Waals surface area contributed by atoms with E-state index in [2.05, 4.69) is 16.4 Å². The maximum atomic E-state index is 15.0. The molecule has 3 aromatic carbocycles. The van der Waals surface area contributed by atoms with Gasteiger partial charge < -0.3 is 18.9 Å². The van der Waals surface area contributed by atoms with Gasteiger partial charge in [-0.1, -0.05) is 46.0 Å². The van der Waals surface area contributed by atoms with Crippen LogP contribution in [0.4, 0.5) is 35.1 Å². The molecule has 252 valence electrons. The third-order valence-corrected chi connectivity index (χ3v) is 7.94. The molecule has 0 unspecified atom stereocenters. The van der Waals surface area contributed by atoms with Gasteiger partial charge in [-0.15, -0.1) is 0 Å². The number of ether oxygens (including phenoxy) is 4. The largest absolute Gasteiger partial charge is 0.490 e. The maximum Gasteiger partial charge on any atom is 0.433 e. The molecule has 0 saturated heterocycles. The van der Waals surface area contributed by atoms with Gasteiger partial charge in [0.2, 0.25) is 23.3 Å². The topological polar surface area (TPSA) is 36.9 Å². The smallest absolute Gasteiger partial charge is 0.433 e. The Morgan fingerprint density at radius 2 is 1.07 bits per heavy atom. The number of hydrogen-bond donors (Lipinski definition) is 0. The third-order valence-electron chi connectivity index (χ3n) is 7.94. The van der Waals surface area contributed by atoms with Crippen molar-refractivity contribution in [2.24, 2.45) is 11.8 Å². The highest BCUT2D eigenvalue weighted by Gasteiger charge is 2.36. The van der Waals surface area contributed by atoms with Gasteiger partial charge in [-0.3, -0.25) is 0 Å². The monoisotopic (exact) mass is 660 g/mol. The molecule has 0 aliphatic heterocycles. The predicted molar refractivity (Wildman–Crippen MR) is 155 cm³/mol. The van der Waals surface area contributed by atoms with Crippen LogP contribution in [-0.4, -0.2) is 25.9 Å². The molecule has 0 N–H and O–H groups in total. The Morgan fingerprint density at radius 1 is 0.587 bits per heavy atom. The lowest BCUT2D eigenvalue weighted by Gasteiger charge is -2.28. The highest BCUT2D eigenvalue weighted by atomic mass is 19.3. The van der Waals surface area contributed by atoms with Crippen LogP contribution in [0.3, 0.4) is 0 Å². The minimum absolute atomic E-state index is 0.0826. The zero-order chi connectivity index (χ0) is 33.4. The number of hydrogen-bond acceptors (Lipinski definition) is 4. The summed E-state index contributed by atoms with van der Waals surface area (Å²) in [7, 11) is 0. The van der Waals surface area contributed by atoms with E-state index in [4.69, 9.17) is 9.47 Å². The molecule has 1 fully saturated rings. The Labute approximate surface area is 262 Å². The lowest BCUT2D eigenvalue weighted by molar-refractivity contribution is -0.197. The molecular formula is C34H36F8O4. The number of rotatable bonds is 15. The van der Waals surface area contributed by atoms with Gasteiger partial charge in [0.15, 0.2) is 41.2 Å². The lowest BCUT2D eigenvalue weighted by Crippen LogP contribution is -2.33. The summed E-state index contributed by atoms with van der Waals surface area (Å²) in [5, 5.41) is 0. The molecule has 1 aliphatic carbocycles. The average Bonchev–Trinajstić information content (AvgIpc) is 3.03. The summed E-state index contributed by atoms with van der Waals surface area (Å²) in [5.41, 5.74) is -1.31. The molecule has 3 aromatic rings. The summed E-state index contributed by atoms with van der Waals surface area (Å²) in [5.74, 6) is -11.8. The summed E-state index contributed by atoms with van der Waals surface area (Å²) in [6.07, 6.45) is 3.17. The average molecular weight is 661 g/mol. The van der Waals surface area contributed by atoms with Crippen molar-refractivity contribution >= 4 is 0 Å². The lowest BCUT2D eigenvalue weighted by atomic mass is 9.80. The van der Waals surface area contributed by atoms with E-state index < -0.39 is 76.0 Å². The van der Waals surface area contributed by atoms with Gasteiger partial charge in [0.1, 0.15) is 0 Å². The van der Waals surface area contributed by atoms with E-state index in [-0.39, 0.29) is 24.9 Å². The highest BCUT2D eigenvalue weighted by molar-refractivity contribution is 5.67. The van der Waals surface area contributed by atoms with Crippen LogP contribution in [0.1, 0.15) is 65.2 Å². The molecule has 4 rings (SSSR count). The van der Waals surface area contributed by atoms with Crippen LogP contribution in [0.5, 0.6) is 23.0 Å². The van der Waals surface area contributed by atoms with Crippen LogP contribution >= 0.6 is 0 Å². The normalized spacial score (nSPS) is 16.7. The van der Waals surface area contributed by atoms with Crippen LogP contribution in [-0.2, 0) is 0 Å². The van der Waals surface area contributed by atoms with E-state index in [1.165, 1.54) is 0 Å². The molecule has 0 bridgehead atoms. The predicted octanol–water partition coefficient (Wildman–Crippen LogP) is 10.4. The van der Waals surface area contributed by atoms with Gasteiger partial charge in [0.25, 0.3) is 0 Å². The van der Waals surface area contributed by atoms with Gasteiger partial charge in [-0.05, 0) is 67.5 Å². The number of unbranched alkanes of at least 4 members (excludes halogenated alkanes) is 1. The first-order chi connectivity index (χ1) is 22.0. The quantitative estimate of drug-likeness (QED) is 0.120. The minimum Gasteiger partial charge on any atom is -0.490 e. The summed E-state index contributed by atoms with van der Waals surface area (Å²) >= 11 is 0. The number of benzene rings is 3. The molecule has 0 spiro atoms. The van der Waals surface area contributed by atoms with Gasteiger partial charge >= 0.3 is 6.11 Å². The Morgan fingerprint density at radius 3 is 1.65 bits per heavy atom. The Bertz CT molecular complexity index is 1470. The van der Waals surface area contributed by atoms with Crippen molar-refractivity contribution in [1.29, 1.82) is 0 Å². The first-order valence-electron chi connectivity index (χ1n) is 15.3. The second-order valence-electron chi connectivity index (χ2n) is 11.4. The second-order valence-corrected chi connectivity index (χ2v) is 11.4. The van der Waals surface area contributed by atoms with E-state index >= 15 is 0 Å². The molecule has 0 atom stereocenters. The summed E-state index contributed by atoms with van der Waals surface area (Å²) in [6, 6.07) is 5.34. The molecule has 0 amide bonds. The van der Waals surface area contributed by atoms with Gasteiger partial charge in [-0.2, -0.15) is 26.3 Å². The van der Waals surface area contributed by atoms with E-state index in [1.54, 1.807) is 0 Å². The summed E-state index contributed by atoms with van der Waals surface area (Å²) < 4.78 is 136. The van der Waals surface area contributed by atoms with Crippen molar-refractivity contribution < 1.29 is 54.1 Å². The fraction of sp³-hybridized carbons (Fsp3) is 0.471.